The molecule has 0 atom stereocenters. The summed E-state index contributed by atoms with van der Waals surface area (Å²) >= 11 is 0. The van der Waals surface area contributed by atoms with E-state index in [9.17, 15) is 4.39 Å². The molecule has 0 amide bonds. The van der Waals surface area contributed by atoms with E-state index in [1.54, 1.807) is 18.3 Å². The van der Waals surface area contributed by atoms with E-state index in [1.807, 2.05) is 12.1 Å². The second-order valence-electron chi connectivity index (χ2n) is 4.92. The lowest BCUT2D eigenvalue weighted by molar-refractivity contribution is 0.267. The molecule has 2 rings (SSSR count). The Hall–Kier alpha value is -1.48. The van der Waals surface area contributed by atoms with Crippen molar-refractivity contribution in [2.75, 3.05) is 13.1 Å². The highest BCUT2D eigenvalue weighted by Crippen LogP contribution is 2.20. The maximum absolute atomic E-state index is 13.7. The predicted octanol–water partition coefficient (Wildman–Crippen LogP) is 4.00. The van der Waals surface area contributed by atoms with Crippen molar-refractivity contribution in [3.05, 3.63) is 41.8 Å². The van der Waals surface area contributed by atoms with E-state index in [0.29, 0.717) is 0 Å². The summed E-state index contributed by atoms with van der Waals surface area (Å²) in [6, 6.07) is 6.93. The van der Waals surface area contributed by atoms with Crippen LogP contribution in [-0.4, -0.2) is 23.0 Å². The minimum Gasteiger partial charge on any atom is -0.299 e. The predicted molar refractivity (Wildman–Crippen MR) is 77.6 cm³/mol. The van der Waals surface area contributed by atoms with Crippen molar-refractivity contribution in [2.45, 2.75) is 33.2 Å². The summed E-state index contributed by atoms with van der Waals surface area (Å²) in [4.78, 5) is 6.77. The van der Waals surface area contributed by atoms with Gasteiger partial charge in [0.1, 0.15) is 5.82 Å². The zero-order chi connectivity index (χ0) is 13.7. The summed E-state index contributed by atoms with van der Waals surface area (Å²) < 4.78 is 13.7. The van der Waals surface area contributed by atoms with Crippen molar-refractivity contribution in [1.82, 2.24) is 9.88 Å². The van der Waals surface area contributed by atoms with Crippen molar-refractivity contribution in [3.63, 3.8) is 0 Å². The van der Waals surface area contributed by atoms with E-state index in [1.165, 1.54) is 0 Å². The van der Waals surface area contributed by atoms with Crippen LogP contribution < -0.4 is 0 Å². The van der Waals surface area contributed by atoms with Gasteiger partial charge in [-0.2, -0.15) is 0 Å². The molecule has 0 fully saturated rings. The van der Waals surface area contributed by atoms with Crippen LogP contribution in [0.2, 0.25) is 0 Å². The normalized spacial score (nSPS) is 11.4. The molecule has 1 aromatic heterocycles. The topological polar surface area (TPSA) is 16.1 Å². The van der Waals surface area contributed by atoms with Gasteiger partial charge in [-0.05, 0) is 49.7 Å². The molecule has 0 bridgehead atoms. The Kier molecular flexibility index (Phi) is 4.86. The van der Waals surface area contributed by atoms with Gasteiger partial charge in [0.15, 0.2) is 0 Å². The van der Waals surface area contributed by atoms with Crippen molar-refractivity contribution < 1.29 is 4.39 Å². The maximum atomic E-state index is 13.7. The first-order chi connectivity index (χ1) is 9.24. The molecule has 0 saturated heterocycles. The molecule has 0 saturated carbocycles. The summed E-state index contributed by atoms with van der Waals surface area (Å²) in [5.41, 5.74) is 1.90. The Morgan fingerprint density at radius 3 is 2.58 bits per heavy atom. The van der Waals surface area contributed by atoms with Gasteiger partial charge in [-0.1, -0.05) is 19.9 Å². The number of hydrogen-bond acceptors (Lipinski definition) is 2. The van der Waals surface area contributed by atoms with E-state index in [-0.39, 0.29) is 5.82 Å². The summed E-state index contributed by atoms with van der Waals surface area (Å²) in [5, 5.41) is 0.880. The SMILES string of the molecule is CCCN(CCC)Cc1cc(F)cc2cccnc12. The lowest BCUT2D eigenvalue weighted by Gasteiger charge is -2.21. The van der Waals surface area contributed by atoms with Gasteiger partial charge in [0.25, 0.3) is 0 Å². The van der Waals surface area contributed by atoms with Gasteiger partial charge in [0.05, 0.1) is 5.52 Å². The van der Waals surface area contributed by atoms with Gasteiger partial charge in [-0.15, -0.1) is 0 Å². The van der Waals surface area contributed by atoms with E-state index >= 15 is 0 Å². The molecule has 3 heteroatoms. The number of benzene rings is 1. The molecule has 19 heavy (non-hydrogen) atoms. The van der Waals surface area contributed by atoms with Gasteiger partial charge in [-0.25, -0.2) is 4.39 Å². The number of rotatable bonds is 6. The summed E-state index contributed by atoms with van der Waals surface area (Å²) in [5.74, 6) is -0.177. The first-order valence-corrected chi connectivity index (χ1v) is 7.00. The second-order valence-corrected chi connectivity index (χ2v) is 4.92. The second kappa shape index (κ2) is 6.62. The Morgan fingerprint density at radius 2 is 1.89 bits per heavy atom. The average molecular weight is 260 g/mol. The molecular formula is C16H21FN2. The fraction of sp³-hybridized carbons (Fsp3) is 0.438. The van der Waals surface area contributed by atoms with Crippen molar-refractivity contribution in [2.24, 2.45) is 0 Å². The third kappa shape index (κ3) is 3.51. The molecule has 0 aliphatic rings. The van der Waals surface area contributed by atoms with Gasteiger partial charge in [-0.3, -0.25) is 9.88 Å². The molecule has 0 spiro atoms. The molecule has 0 aliphatic carbocycles. The maximum Gasteiger partial charge on any atom is 0.124 e. The van der Waals surface area contributed by atoms with E-state index in [0.717, 1.165) is 48.9 Å². The first-order valence-electron chi connectivity index (χ1n) is 7.00. The van der Waals surface area contributed by atoms with Gasteiger partial charge in [0, 0.05) is 18.1 Å². The van der Waals surface area contributed by atoms with Crippen LogP contribution >= 0.6 is 0 Å². The van der Waals surface area contributed by atoms with Crippen molar-refractivity contribution >= 4 is 10.9 Å². The Morgan fingerprint density at radius 1 is 1.16 bits per heavy atom. The van der Waals surface area contributed by atoms with Crippen LogP contribution in [0.5, 0.6) is 0 Å². The third-order valence-corrected chi connectivity index (χ3v) is 3.22. The Bertz CT molecular complexity index is 533. The van der Waals surface area contributed by atoms with Gasteiger partial charge < -0.3 is 0 Å². The largest absolute Gasteiger partial charge is 0.299 e. The molecule has 0 unspecified atom stereocenters. The summed E-state index contributed by atoms with van der Waals surface area (Å²) in [7, 11) is 0. The average Bonchev–Trinajstić information content (AvgIpc) is 2.39. The van der Waals surface area contributed by atoms with Crippen LogP contribution in [0.4, 0.5) is 4.39 Å². The molecular weight excluding hydrogens is 239 g/mol. The lowest BCUT2D eigenvalue weighted by Crippen LogP contribution is -2.25. The zero-order valence-electron chi connectivity index (χ0n) is 11.7. The van der Waals surface area contributed by atoms with E-state index in [2.05, 4.69) is 23.7 Å². The standard InChI is InChI=1S/C16H21FN2/c1-3-8-19(9-4-2)12-14-11-15(17)10-13-6-5-7-18-16(13)14/h5-7,10-11H,3-4,8-9,12H2,1-2H3. The fourth-order valence-corrected chi connectivity index (χ4v) is 2.49. The number of fused-ring (bicyclic) bond motifs is 1. The number of pyridine rings is 1. The van der Waals surface area contributed by atoms with Crippen LogP contribution in [0.15, 0.2) is 30.5 Å². The lowest BCUT2D eigenvalue weighted by atomic mass is 10.1. The minimum atomic E-state index is -0.177. The highest BCUT2D eigenvalue weighted by Gasteiger charge is 2.09. The molecule has 2 nitrogen and oxygen atoms in total. The fourth-order valence-electron chi connectivity index (χ4n) is 2.49. The van der Waals surface area contributed by atoms with Crippen molar-refractivity contribution in [3.8, 4) is 0 Å². The Labute approximate surface area is 114 Å². The number of hydrogen-bond donors (Lipinski definition) is 0. The third-order valence-electron chi connectivity index (χ3n) is 3.22. The number of aromatic nitrogens is 1. The zero-order valence-corrected chi connectivity index (χ0v) is 11.7. The highest BCUT2D eigenvalue weighted by atomic mass is 19.1. The quantitative estimate of drug-likeness (QED) is 0.780. The van der Waals surface area contributed by atoms with Crippen molar-refractivity contribution in [1.29, 1.82) is 0 Å². The van der Waals surface area contributed by atoms with Crippen LogP contribution in [0.1, 0.15) is 32.3 Å². The molecule has 0 radical (unpaired) electrons. The molecule has 102 valence electrons. The number of nitrogens with zero attached hydrogens (tertiary/aromatic N) is 2. The van der Waals surface area contributed by atoms with Gasteiger partial charge in [0.2, 0.25) is 0 Å². The van der Waals surface area contributed by atoms with Crippen LogP contribution in [0.25, 0.3) is 10.9 Å². The molecule has 2 aromatic rings. The molecule has 1 aromatic carbocycles. The molecule has 0 aliphatic heterocycles. The van der Waals surface area contributed by atoms with Crippen LogP contribution in [0.3, 0.4) is 0 Å². The Balaban J connectivity index is 2.32. The van der Waals surface area contributed by atoms with E-state index < -0.39 is 0 Å². The van der Waals surface area contributed by atoms with E-state index in [4.69, 9.17) is 0 Å². The molecule has 1 heterocycles. The summed E-state index contributed by atoms with van der Waals surface area (Å²) in [6.45, 7) is 7.19. The van der Waals surface area contributed by atoms with Crippen LogP contribution in [-0.2, 0) is 6.54 Å². The van der Waals surface area contributed by atoms with Gasteiger partial charge >= 0.3 is 0 Å². The monoisotopic (exact) mass is 260 g/mol. The highest BCUT2D eigenvalue weighted by molar-refractivity contribution is 5.81. The van der Waals surface area contributed by atoms with Crippen LogP contribution in [0, 0.1) is 5.82 Å². The molecule has 0 N–H and O–H groups in total. The smallest absolute Gasteiger partial charge is 0.124 e. The minimum absolute atomic E-state index is 0.177. The summed E-state index contributed by atoms with van der Waals surface area (Å²) in [6.07, 6.45) is 4.00. The first kappa shape index (κ1) is 13.9. The number of halogens is 1.